The van der Waals surface area contributed by atoms with Gasteiger partial charge in [0.2, 0.25) is 0 Å². The highest BCUT2D eigenvalue weighted by molar-refractivity contribution is 5.09. The third kappa shape index (κ3) is 1.77. The van der Waals surface area contributed by atoms with Crippen molar-refractivity contribution in [2.75, 3.05) is 0 Å². The first-order chi connectivity index (χ1) is 6.71. The molecule has 1 aliphatic carbocycles. The van der Waals surface area contributed by atoms with Crippen LogP contribution in [0, 0.1) is 5.92 Å². The Labute approximate surface area is 84.2 Å². The van der Waals surface area contributed by atoms with Gasteiger partial charge in [-0.3, -0.25) is 9.97 Å². The molecule has 2 unspecified atom stereocenters. The van der Waals surface area contributed by atoms with Crippen molar-refractivity contribution in [2.24, 2.45) is 5.92 Å². The highest BCUT2D eigenvalue weighted by Gasteiger charge is 2.35. The summed E-state index contributed by atoms with van der Waals surface area (Å²) in [4.78, 5) is 8.20. The summed E-state index contributed by atoms with van der Waals surface area (Å²) in [6.45, 7) is 2.18. The minimum atomic E-state index is -0.730. The average Bonchev–Trinajstić information content (AvgIpc) is 2.19. The smallest absolute Gasteiger partial charge is 0.108 e. The zero-order valence-corrected chi connectivity index (χ0v) is 8.48. The summed E-state index contributed by atoms with van der Waals surface area (Å²) in [5, 5.41) is 10.4. The Morgan fingerprint density at radius 3 is 3.00 bits per heavy atom. The third-order valence-corrected chi connectivity index (χ3v) is 3.01. The molecule has 1 N–H and O–H groups in total. The van der Waals surface area contributed by atoms with Crippen LogP contribution in [0.2, 0.25) is 0 Å². The van der Waals surface area contributed by atoms with Crippen LogP contribution < -0.4 is 0 Å². The second-order valence-electron chi connectivity index (χ2n) is 4.32. The van der Waals surface area contributed by atoms with E-state index >= 15 is 0 Å². The van der Waals surface area contributed by atoms with Crippen molar-refractivity contribution in [3.63, 3.8) is 0 Å². The third-order valence-electron chi connectivity index (χ3n) is 3.01. The van der Waals surface area contributed by atoms with Gasteiger partial charge in [0.1, 0.15) is 5.60 Å². The zero-order chi connectivity index (χ0) is 10.0. The fraction of sp³-hybridized carbons (Fsp3) is 0.636. The number of aromatic nitrogens is 2. The Morgan fingerprint density at radius 2 is 2.36 bits per heavy atom. The lowest BCUT2D eigenvalue weighted by Gasteiger charge is -2.34. The van der Waals surface area contributed by atoms with E-state index in [0.717, 1.165) is 25.0 Å². The number of hydrogen-bond acceptors (Lipinski definition) is 3. The fourth-order valence-electron chi connectivity index (χ4n) is 2.30. The molecule has 0 aliphatic heterocycles. The maximum atomic E-state index is 10.4. The van der Waals surface area contributed by atoms with Crippen LogP contribution in [0.1, 0.15) is 38.3 Å². The molecule has 1 saturated carbocycles. The van der Waals surface area contributed by atoms with Gasteiger partial charge in [-0.25, -0.2) is 0 Å². The van der Waals surface area contributed by atoms with E-state index in [2.05, 4.69) is 16.9 Å². The van der Waals surface area contributed by atoms with Crippen LogP contribution in [-0.4, -0.2) is 15.1 Å². The maximum Gasteiger partial charge on any atom is 0.108 e. The molecular weight excluding hydrogens is 176 g/mol. The Morgan fingerprint density at radius 1 is 1.50 bits per heavy atom. The van der Waals surface area contributed by atoms with Crippen molar-refractivity contribution >= 4 is 0 Å². The minimum absolute atomic E-state index is 0.579. The van der Waals surface area contributed by atoms with Gasteiger partial charge in [-0.2, -0.15) is 0 Å². The van der Waals surface area contributed by atoms with E-state index in [9.17, 15) is 5.11 Å². The first kappa shape index (κ1) is 9.59. The van der Waals surface area contributed by atoms with Crippen LogP contribution in [0.5, 0.6) is 0 Å². The fourth-order valence-corrected chi connectivity index (χ4v) is 2.30. The average molecular weight is 192 g/mol. The van der Waals surface area contributed by atoms with E-state index in [1.165, 1.54) is 6.42 Å². The van der Waals surface area contributed by atoms with E-state index < -0.39 is 5.60 Å². The predicted octanol–water partition coefficient (Wildman–Crippen LogP) is 1.87. The lowest BCUT2D eigenvalue weighted by molar-refractivity contribution is -0.0219. The molecule has 0 saturated heterocycles. The zero-order valence-electron chi connectivity index (χ0n) is 8.48. The van der Waals surface area contributed by atoms with Gasteiger partial charge in [0.05, 0.1) is 11.9 Å². The number of rotatable bonds is 1. The van der Waals surface area contributed by atoms with Gasteiger partial charge in [-0.1, -0.05) is 13.3 Å². The van der Waals surface area contributed by atoms with E-state index in [1.807, 2.05) is 0 Å². The van der Waals surface area contributed by atoms with Gasteiger partial charge in [0, 0.05) is 12.4 Å². The lowest BCUT2D eigenvalue weighted by atomic mass is 9.77. The molecular formula is C11H16N2O. The molecule has 2 rings (SSSR count). The largest absolute Gasteiger partial charge is 0.383 e. The molecule has 1 fully saturated rings. The summed E-state index contributed by atoms with van der Waals surface area (Å²) < 4.78 is 0. The van der Waals surface area contributed by atoms with Gasteiger partial charge < -0.3 is 5.11 Å². The predicted molar refractivity (Wildman–Crippen MR) is 53.6 cm³/mol. The lowest BCUT2D eigenvalue weighted by Crippen LogP contribution is -2.32. The Balaban J connectivity index is 2.23. The Bertz CT molecular complexity index is 301. The van der Waals surface area contributed by atoms with E-state index in [4.69, 9.17) is 0 Å². The second kappa shape index (κ2) is 3.65. The second-order valence-corrected chi connectivity index (χ2v) is 4.32. The SMILES string of the molecule is CC1CCCC(O)(c2cnccn2)C1. The molecule has 1 aromatic rings. The van der Waals surface area contributed by atoms with Crippen LogP contribution in [0.15, 0.2) is 18.6 Å². The van der Waals surface area contributed by atoms with Gasteiger partial charge in [-0.15, -0.1) is 0 Å². The molecule has 0 spiro atoms. The van der Waals surface area contributed by atoms with Gasteiger partial charge >= 0.3 is 0 Å². The molecule has 0 amide bonds. The van der Waals surface area contributed by atoms with Crippen LogP contribution in [0.3, 0.4) is 0 Å². The monoisotopic (exact) mass is 192 g/mol. The van der Waals surface area contributed by atoms with Gasteiger partial charge in [0.25, 0.3) is 0 Å². The topological polar surface area (TPSA) is 46.0 Å². The number of hydrogen-bond donors (Lipinski definition) is 1. The van der Waals surface area contributed by atoms with Crippen molar-refractivity contribution in [2.45, 2.75) is 38.2 Å². The number of nitrogens with zero attached hydrogens (tertiary/aromatic N) is 2. The molecule has 3 heteroatoms. The summed E-state index contributed by atoms with van der Waals surface area (Å²) in [6.07, 6.45) is 8.88. The molecule has 0 radical (unpaired) electrons. The van der Waals surface area contributed by atoms with Crippen LogP contribution in [-0.2, 0) is 5.60 Å². The maximum absolute atomic E-state index is 10.4. The van der Waals surface area contributed by atoms with E-state index in [0.29, 0.717) is 5.92 Å². The summed E-state index contributed by atoms with van der Waals surface area (Å²) in [5.74, 6) is 0.579. The summed E-state index contributed by atoms with van der Waals surface area (Å²) >= 11 is 0. The van der Waals surface area contributed by atoms with Crippen molar-refractivity contribution in [3.05, 3.63) is 24.3 Å². The quantitative estimate of drug-likeness (QED) is 0.739. The number of aliphatic hydroxyl groups is 1. The van der Waals surface area contributed by atoms with Crippen LogP contribution in [0.25, 0.3) is 0 Å². The Hall–Kier alpha value is -0.960. The molecule has 1 aliphatic rings. The van der Waals surface area contributed by atoms with Crippen molar-refractivity contribution < 1.29 is 5.11 Å². The first-order valence-electron chi connectivity index (χ1n) is 5.19. The van der Waals surface area contributed by atoms with Crippen molar-refractivity contribution in [1.29, 1.82) is 0 Å². The molecule has 0 aromatic carbocycles. The van der Waals surface area contributed by atoms with Crippen molar-refractivity contribution in [1.82, 2.24) is 9.97 Å². The summed E-state index contributed by atoms with van der Waals surface area (Å²) in [6, 6.07) is 0. The van der Waals surface area contributed by atoms with E-state index in [-0.39, 0.29) is 0 Å². The Kier molecular flexibility index (Phi) is 2.50. The minimum Gasteiger partial charge on any atom is -0.383 e. The van der Waals surface area contributed by atoms with Crippen LogP contribution >= 0.6 is 0 Å². The summed E-state index contributed by atoms with van der Waals surface area (Å²) in [7, 11) is 0. The molecule has 0 bridgehead atoms. The van der Waals surface area contributed by atoms with Crippen molar-refractivity contribution in [3.8, 4) is 0 Å². The standard InChI is InChI=1S/C11H16N2O/c1-9-3-2-4-11(14,7-9)10-8-12-5-6-13-10/h5-6,8-9,14H,2-4,7H2,1H3. The van der Waals surface area contributed by atoms with Gasteiger partial charge in [-0.05, 0) is 25.2 Å². The molecule has 1 aromatic heterocycles. The summed E-state index contributed by atoms with van der Waals surface area (Å²) in [5.41, 5.74) is -0.00194. The first-order valence-corrected chi connectivity index (χ1v) is 5.19. The van der Waals surface area contributed by atoms with Crippen LogP contribution in [0.4, 0.5) is 0 Å². The molecule has 3 nitrogen and oxygen atoms in total. The molecule has 14 heavy (non-hydrogen) atoms. The normalized spacial score (nSPS) is 32.9. The van der Waals surface area contributed by atoms with E-state index in [1.54, 1.807) is 18.6 Å². The highest BCUT2D eigenvalue weighted by atomic mass is 16.3. The molecule has 1 heterocycles. The molecule has 76 valence electrons. The molecule has 2 atom stereocenters. The van der Waals surface area contributed by atoms with Gasteiger partial charge in [0.15, 0.2) is 0 Å². The highest BCUT2D eigenvalue weighted by Crippen LogP contribution is 2.38.